The molecule has 0 N–H and O–H groups in total. The van der Waals surface area contributed by atoms with Crippen LogP contribution in [0.25, 0.3) is 11.6 Å². The van der Waals surface area contributed by atoms with Gasteiger partial charge in [-0.3, -0.25) is 0 Å². The molecule has 3 aromatic rings. The highest BCUT2D eigenvalue weighted by molar-refractivity contribution is 7.89. The number of benzene rings is 3. The van der Waals surface area contributed by atoms with Crippen LogP contribution in [0.2, 0.25) is 0 Å². The fraction of sp³-hybridized carbons (Fsp3) is 0.154. The number of esters is 1. The minimum absolute atomic E-state index is 0.0945. The van der Waals surface area contributed by atoms with Crippen LogP contribution in [0, 0.1) is 17.1 Å². The highest BCUT2D eigenvalue weighted by Gasteiger charge is 2.22. The van der Waals surface area contributed by atoms with Gasteiger partial charge < -0.3 is 4.74 Å². The summed E-state index contributed by atoms with van der Waals surface area (Å²) >= 11 is 0. The lowest BCUT2D eigenvalue weighted by atomic mass is 10.0. The summed E-state index contributed by atoms with van der Waals surface area (Å²) in [6, 6.07) is 20.0. The van der Waals surface area contributed by atoms with Crippen molar-refractivity contribution >= 4 is 27.6 Å². The second-order valence-electron chi connectivity index (χ2n) is 7.23. The Morgan fingerprint density at radius 2 is 1.71 bits per heavy atom. The molecule has 0 radical (unpaired) electrons. The largest absolute Gasteiger partial charge is 0.423 e. The Kier molecular flexibility index (Phi) is 7.95. The van der Waals surface area contributed by atoms with Crippen LogP contribution >= 0.6 is 0 Å². The van der Waals surface area contributed by atoms with Gasteiger partial charge in [0.15, 0.2) is 0 Å². The molecule has 0 saturated heterocycles. The minimum atomic E-state index is -3.63. The predicted molar refractivity (Wildman–Crippen MR) is 128 cm³/mol. The van der Waals surface area contributed by atoms with Gasteiger partial charge in [-0.2, -0.15) is 9.57 Å². The van der Waals surface area contributed by atoms with E-state index in [-0.39, 0.29) is 27.3 Å². The van der Waals surface area contributed by atoms with Gasteiger partial charge in [0.2, 0.25) is 10.0 Å². The SMILES string of the molecule is CCN(CC)S(=O)(=O)c1ccc(C(=O)Oc2cccc(/C=C(/C#N)c3ccccc3F)c2)cc1. The van der Waals surface area contributed by atoms with E-state index in [1.807, 2.05) is 6.07 Å². The van der Waals surface area contributed by atoms with Gasteiger partial charge in [0, 0.05) is 18.7 Å². The lowest BCUT2D eigenvalue weighted by Crippen LogP contribution is -2.30. The number of rotatable bonds is 8. The van der Waals surface area contributed by atoms with Gasteiger partial charge in [0.1, 0.15) is 11.6 Å². The van der Waals surface area contributed by atoms with Crippen molar-refractivity contribution in [2.75, 3.05) is 13.1 Å². The number of carbonyl (C=O) groups is 1. The first kappa shape index (κ1) is 24.8. The quantitative estimate of drug-likeness (QED) is 0.194. The predicted octanol–water partition coefficient (Wildman–Crippen LogP) is 5.14. The maximum atomic E-state index is 14.1. The third-order valence-corrected chi connectivity index (χ3v) is 7.16. The molecule has 0 amide bonds. The summed E-state index contributed by atoms with van der Waals surface area (Å²) in [5, 5.41) is 9.46. The standard InChI is InChI=1S/C26H23FN2O4S/c1-3-29(4-2)34(31,32)23-14-12-20(13-15-23)26(30)33-22-9-7-8-19(17-22)16-21(18-28)24-10-5-6-11-25(24)27/h5-17H,3-4H2,1-2H3/b21-16-. The molecule has 0 atom stereocenters. The van der Waals surface area contributed by atoms with E-state index < -0.39 is 21.8 Å². The molecular weight excluding hydrogens is 455 g/mol. The molecule has 0 aromatic heterocycles. The summed E-state index contributed by atoms with van der Waals surface area (Å²) in [6.45, 7) is 4.20. The summed E-state index contributed by atoms with van der Waals surface area (Å²) in [7, 11) is -3.63. The Bertz CT molecular complexity index is 1360. The highest BCUT2D eigenvalue weighted by Crippen LogP contribution is 2.23. The van der Waals surface area contributed by atoms with Crippen molar-refractivity contribution in [1.82, 2.24) is 4.31 Å². The summed E-state index contributed by atoms with van der Waals surface area (Å²) in [4.78, 5) is 12.7. The topological polar surface area (TPSA) is 87.5 Å². The van der Waals surface area contributed by atoms with Crippen LogP contribution in [0.5, 0.6) is 5.75 Å². The lowest BCUT2D eigenvalue weighted by Gasteiger charge is -2.18. The van der Waals surface area contributed by atoms with Gasteiger partial charge in [-0.25, -0.2) is 17.6 Å². The number of hydrogen-bond donors (Lipinski definition) is 0. The van der Waals surface area contributed by atoms with Crippen LogP contribution in [0.15, 0.2) is 77.7 Å². The van der Waals surface area contributed by atoms with E-state index >= 15 is 0 Å². The first-order chi connectivity index (χ1) is 16.3. The zero-order valence-electron chi connectivity index (χ0n) is 18.7. The fourth-order valence-corrected chi connectivity index (χ4v) is 4.78. The van der Waals surface area contributed by atoms with Crippen molar-refractivity contribution in [3.05, 3.63) is 95.3 Å². The molecule has 0 aliphatic carbocycles. The van der Waals surface area contributed by atoms with Gasteiger partial charge in [-0.05, 0) is 54.1 Å². The monoisotopic (exact) mass is 478 g/mol. The van der Waals surface area contributed by atoms with Gasteiger partial charge >= 0.3 is 5.97 Å². The summed E-state index contributed by atoms with van der Waals surface area (Å²) < 4.78 is 46.0. The van der Waals surface area contributed by atoms with E-state index in [0.29, 0.717) is 18.7 Å². The van der Waals surface area contributed by atoms with Crippen molar-refractivity contribution in [2.24, 2.45) is 0 Å². The van der Waals surface area contributed by atoms with Crippen LogP contribution < -0.4 is 4.74 Å². The van der Waals surface area contributed by atoms with Gasteiger partial charge in [-0.1, -0.05) is 44.2 Å². The average molecular weight is 479 g/mol. The normalized spacial score (nSPS) is 11.8. The van der Waals surface area contributed by atoms with Gasteiger partial charge in [0.05, 0.1) is 22.1 Å². The van der Waals surface area contributed by atoms with Crippen LogP contribution in [-0.4, -0.2) is 31.8 Å². The third kappa shape index (κ3) is 5.57. The van der Waals surface area contributed by atoms with Crippen LogP contribution in [0.4, 0.5) is 4.39 Å². The number of nitriles is 1. The fourth-order valence-electron chi connectivity index (χ4n) is 3.33. The van der Waals surface area contributed by atoms with Crippen LogP contribution in [-0.2, 0) is 10.0 Å². The number of allylic oxidation sites excluding steroid dienone is 1. The molecule has 6 nitrogen and oxygen atoms in total. The van der Waals surface area contributed by atoms with E-state index in [1.165, 1.54) is 46.8 Å². The zero-order valence-corrected chi connectivity index (χ0v) is 19.5. The Morgan fingerprint density at radius 1 is 1.03 bits per heavy atom. The molecule has 3 rings (SSSR count). The van der Waals surface area contributed by atoms with E-state index in [1.54, 1.807) is 50.2 Å². The van der Waals surface area contributed by atoms with Crippen molar-refractivity contribution in [2.45, 2.75) is 18.7 Å². The Hall–Kier alpha value is -3.80. The van der Waals surface area contributed by atoms with E-state index in [4.69, 9.17) is 4.74 Å². The molecule has 0 bridgehead atoms. The molecular formula is C26H23FN2O4S. The molecule has 174 valence electrons. The van der Waals surface area contributed by atoms with Gasteiger partial charge in [0.25, 0.3) is 0 Å². The van der Waals surface area contributed by atoms with E-state index in [0.717, 1.165) is 0 Å². The maximum absolute atomic E-state index is 14.1. The first-order valence-electron chi connectivity index (χ1n) is 10.6. The maximum Gasteiger partial charge on any atom is 0.343 e. The smallest absolute Gasteiger partial charge is 0.343 e. The highest BCUT2D eigenvalue weighted by atomic mass is 32.2. The molecule has 0 unspecified atom stereocenters. The number of sulfonamides is 1. The molecule has 0 spiro atoms. The molecule has 0 saturated carbocycles. The summed E-state index contributed by atoms with van der Waals surface area (Å²) in [5.41, 5.74) is 1.04. The number of halogens is 1. The molecule has 0 aliphatic rings. The molecule has 0 heterocycles. The number of carbonyl (C=O) groups excluding carboxylic acids is 1. The molecule has 34 heavy (non-hydrogen) atoms. The zero-order chi connectivity index (χ0) is 24.7. The first-order valence-corrected chi connectivity index (χ1v) is 12.0. The summed E-state index contributed by atoms with van der Waals surface area (Å²) in [5.74, 6) is -0.948. The van der Waals surface area contributed by atoms with Crippen molar-refractivity contribution in [1.29, 1.82) is 5.26 Å². The van der Waals surface area contributed by atoms with E-state index in [9.17, 15) is 22.9 Å². The minimum Gasteiger partial charge on any atom is -0.423 e. The van der Waals surface area contributed by atoms with Crippen molar-refractivity contribution in [3.63, 3.8) is 0 Å². The molecule has 0 aliphatic heterocycles. The van der Waals surface area contributed by atoms with Crippen LogP contribution in [0.3, 0.4) is 0 Å². The average Bonchev–Trinajstić information content (AvgIpc) is 2.84. The molecule has 0 fully saturated rings. The van der Waals surface area contributed by atoms with E-state index in [2.05, 4.69) is 0 Å². The number of hydrogen-bond acceptors (Lipinski definition) is 5. The van der Waals surface area contributed by atoms with Gasteiger partial charge in [-0.15, -0.1) is 0 Å². The van der Waals surface area contributed by atoms with Crippen molar-refractivity contribution in [3.8, 4) is 11.8 Å². The lowest BCUT2D eigenvalue weighted by molar-refractivity contribution is 0.0734. The Labute approximate surface area is 198 Å². The molecule has 3 aromatic carbocycles. The van der Waals surface area contributed by atoms with Crippen LogP contribution in [0.1, 0.15) is 35.3 Å². The molecule has 8 heteroatoms. The Balaban J connectivity index is 1.80. The Morgan fingerprint density at radius 3 is 2.32 bits per heavy atom. The second kappa shape index (κ2) is 10.9. The number of ether oxygens (including phenoxy) is 1. The second-order valence-corrected chi connectivity index (χ2v) is 9.16. The number of nitrogens with zero attached hydrogens (tertiary/aromatic N) is 2. The third-order valence-electron chi connectivity index (χ3n) is 5.10. The summed E-state index contributed by atoms with van der Waals surface area (Å²) in [6.07, 6.45) is 1.50. The van der Waals surface area contributed by atoms with Crippen molar-refractivity contribution < 1.29 is 22.3 Å².